The maximum Gasteiger partial charge on any atom is 0.148 e. The molecule has 0 aromatic heterocycles. The second-order valence-corrected chi connectivity index (χ2v) is 6.52. The van der Waals surface area contributed by atoms with E-state index in [1.165, 1.54) is 6.26 Å². The molecule has 0 fully saturated rings. The zero-order valence-electron chi connectivity index (χ0n) is 9.62. The van der Waals surface area contributed by atoms with E-state index in [2.05, 4.69) is 5.32 Å². The van der Waals surface area contributed by atoms with Gasteiger partial charge in [-0.05, 0) is 20.8 Å². The monoisotopic (exact) mass is 223 g/mol. The minimum atomic E-state index is -2.90. The Morgan fingerprint density at radius 2 is 1.93 bits per heavy atom. The summed E-state index contributed by atoms with van der Waals surface area (Å²) >= 11 is 0. The average molecular weight is 223 g/mol. The first kappa shape index (κ1) is 13.9. The Hall–Kier alpha value is -0.130. The molecule has 0 aliphatic rings. The van der Waals surface area contributed by atoms with Gasteiger partial charge in [-0.15, -0.1) is 0 Å². The van der Waals surface area contributed by atoms with E-state index in [-0.39, 0.29) is 17.4 Å². The van der Waals surface area contributed by atoms with E-state index in [4.69, 9.17) is 4.74 Å². The van der Waals surface area contributed by atoms with Crippen LogP contribution in [0.1, 0.15) is 20.8 Å². The Morgan fingerprint density at radius 1 is 1.43 bits per heavy atom. The molecule has 0 aliphatic heterocycles. The van der Waals surface area contributed by atoms with Crippen LogP contribution in [0.4, 0.5) is 0 Å². The maximum atomic E-state index is 11.0. The molecule has 5 heteroatoms. The summed E-state index contributed by atoms with van der Waals surface area (Å²) in [5.41, 5.74) is -0.258. The molecule has 0 spiro atoms. The first-order valence-corrected chi connectivity index (χ1v) is 6.68. The smallest absolute Gasteiger partial charge is 0.148 e. The van der Waals surface area contributed by atoms with Gasteiger partial charge in [-0.1, -0.05) is 0 Å². The lowest BCUT2D eigenvalue weighted by molar-refractivity contribution is 0.0219. The fourth-order valence-electron chi connectivity index (χ4n) is 1.01. The van der Waals surface area contributed by atoms with Crippen molar-refractivity contribution in [1.29, 1.82) is 0 Å². The van der Waals surface area contributed by atoms with Crippen molar-refractivity contribution in [3.8, 4) is 0 Å². The number of hydrogen-bond acceptors (Lipinski definition) is 4. The molecule has 0 bridgehead atoms. The van der Waals surface area contributed by atoms with Crippen molar-refractivity contribution in [2.24, 2.45) is 0 Å². The summed E-state index contributed by atoms with van der Waals surface area (Å²) in [6.45, 7) is 6.40. The second kappa shape index (κ2) is 5.09. The van der Waals surface area contributed by atoms with Crippen LogP contribution in [-0.2, 0) is 14.6 Å². The van der Waals surface area contributed by atoms with Gasteiger partial charge in [-0.3, -0.25) is 0 Å². The summed E-state index contributed by atoms with van der Waals surface area (Å²) in [5, 5.41) is 3.13. The van der Waals surface area contributed by atoms with Gasteiger partial charge in [0, 0.05) is 26.0 Å². The van der Waals surface area contributed by atoms with Crippen molar-refractivity contribution in [2.45, 2.75) is 32.4 Å². The number of nitrogens with one attached hydrogen (secondary N) is 1. The van der Waals surface area contributed by atoms with E-state index in [1.807, 2.05) is 20.8 Å². The Morgan fingerprint density at radius 3 is 2.29 bits per heavy atom. The minimum Gasteiger partial charge on any atom is -0.377 e. The molecule has 1 unspecified atom stereocenters. The molecule has 0 aliphatic carbocycles. The molecule has 0 rings (SSSR count). The van der Waals surface area contributed by atoms with Crippen molar-refractivity contribution in [3.05, 3.63) is 0 Å². The molecule has 1 atom stereocenters. The summed E-state index contributed by atoms with van der Waals surface area (Å²) in [7, 11) is -1.26. The average Bonchev–Trinajstić information content (AvgIpc) is 1.98. The largest absolute Gasteiger partial charge is 0.377 e. The van der Waals surface area contributed by atoms with Crippen LogP contribution in [0.3, 0.4) is 0 Å². The molecule has 0 aromatic carbocycles. The molecule has 14 heavy (non-hydrogen) atoms. The van der Waals surface area contributed by atoms with Gasteiger partial charge >= 0.3 is 0 Å². The van der Waals surface area contributed by atoms with Crippen LogP contribution in [0.25, 0.3) is 0 Å². The predicted molar refractivity (Wildman–Crippen MR) is 58.3 cm³/mol. The normalized spacial score (nSPS) is 15.5. The highest BCUT2D eigenvalue weighted by Gasteiger charge is 2.18. The van der Waals surface area contributed by atoms with E-state index < -0.39 is 9.84 Å². The molecular weight excluding hydrogens is 202 g/mol. The molecule has 0 saturated carbocycles. The van der Waals surface area contributed by atoms with Crippen molar-refractivity contribution in [1.82, 2.24) is 5.32 Å². The summed E-state index contributed by atoms with van der Waals surface area (Å²) in [6.07, 6.45) is 1.24. The number of methoxy groups -OCH3 is 1. The Balaban J connectivity index is 3.92. The van der Waals surface area contributed by atoms with Crippen molar-refractivity contribution >= 4 is 9.84 Å². The highest BCUT2D eigenvalue weighted by molar-refractivity contribution is 7.90. The van der Waals surface area contributed by atoms with Crippen LogP contribution in [-0.4, -0.2) is 45.7 Å². The molecule has 0 amide bonds. The third-order valence-electron chi connectivity index (χ3n) is 1.98. The lowest BCUT2D eigenvalue weighted by Crippen LogP contribution is -2.43. The lowest BCUT2D eigenvalue weighted by Gasteiger charge is -2.25. The first-order valence-electron chi connectivity index (χ1n) is 4.62. The molecule has 86 valence electrons. The molecule has 0 heterocycles. The summed E-state index contributed by atoms with van der Waals surface area (Å²) in [5.74, 6) is 0.160. The van der Waals surface area contributed by atoms with Gasteiger partial charge in [0.2, 0.25) is 0 Å². The van der Waals surface area contributed by atoms with Crippen molar-refractivity contribution in [2.75, 3.05) is 25.7 Å². The predicted octanol–water partition coefficient (Wildman–Crippen LogP) is 0.434. The number of sulfone groups is 1. The van der Waals surface area contributed by atoms with Gasteiger partial charge in [0.1, 0.15) is 9.84 Å². The molecule has 0 radical (unpaired) electrons. The SMILES string of the molecule is COC(C)(C)CNC(C)CS(C)(=O)=O. The fraction of sp³-hybridized carbons (Fsp3) is 1.00. The van der Waals surface area contributed by atoms with Crippen LogP contribution < -0.4 is 5.32 Å². The number of hydrogen-bond donors (Lipinski definition) is 1. The Labute approximate surface area is 86.9 Å². The van der Waals surface area contributed by atoms with Gasteiger partial charge in [0.25, 0.3) is 0 Å². The number of ether oxygens (including phenoxy) is 1. The van der Waals surface area contributed by atoms with Gasteiger partial charge in [0.05, 0.1) is 11.4 Å². The van der Waals surface area contributed by atoms with Gasteiger partial charge in [-0.2, -0.15) is 0 Å². The highest BCUT2D eigenvalue weighted by Crippen LogP contribution is 2.05. The second-order valence-electron chi connectivity index (χ2n) is 4.34. The third kappa shape index (κ3) is 7.29. The van der Waals surface area contributed by atoms with Crippen LogP contribution in [0.15, 0.2) is 0 Å². The topological polar surface area (TPSA) is 55.4 Å². The summed E-state index contributed by atoms with van der Waals surface area (Å²) < 4.78 is 27.1. The maximum absolute atomic E-state index is 11.0. The van der Waals surface area contributed by atoms with Gasteiger partial charge < -0.3 is 10.1 Å². The third-order valence-corrected chi connectivity index (χ3v) is 3.09. The molecule has 1 N–H and O–H groups in total. The fourth-order valence-corrected chi connectivity index (χ4v) is 2.03. The van der Waals surface area contributed by atoms with E-state index >= 15 is 0 Å². The van der Waals surface area contributed by atoms with Crippen molar-refractivity contribution < 1.29 is 13.2 Å². The van der Waals surface area contributed by atoms with E-state index in [1.54, 1.807) is 7.11 Å². The van der Waals surface area contributed by atoms with E-state index in [0.717, 1.165) is 0 Å². The summed E-state index contributed by atoms with van der Waals surface area (Å²) in [6, 6.07) is -0.0422. The van der Waals surface area contributed by atoms with Crippen LogP contribution >= 0.6 is 0 Å². The Bertz CT molecular complexity index is 259. The zero-order valence-corrected chi connectivity index (χ0v) is 10.4. The Kier molecular flexibility index (Phi) is 5.05. The van der Waals surface area contributed by atoms with Crippen molar-refractivity contribution in [3.63, 3.8) is 0 Å². The van der Waals surface area contributed by atoms with Crippen LogP contribution in [0.5, 0.6) is 0 Å². The van der Waals surface area contributed by atoms with Crippen LogP contribution in [0, 0.1) is 0 Å². The lowest BCUT2D eigenvalue weighted by atomic mass is 10.1. The molecule has 0 saturated heterocycles. The van der Waals surface area contributed by atoms with Crippen LogP contribution in [0.2, 0.25) is 0 Å². The van der Waals surface area contributed by atoms with E-state index in [9.17, 15) is 8.42 Å². The van der Waals surface area contributed by atoms with Gasteiger partial charge in [-0.25, -0.2) is 8.42 Å². The standard InChI is InChI=1S/C9H21NO3S/c1-8(6-14(5,11)12)10-7-9(2,3)13-4/h8,10H,6-7H2,1-5H3. The minimum absolute atomic E-state index is 0.0422. The van der Waals surface area contributed by atoms with Gasteiger partial charge in [0.15, 0.2) is 0 Å². The zero-order chi connectivity index (χ0) is 11.4. The molecular formula is C9H21NO3S. The molecule has 0 aromatic rings. The summed E-state index contributed by atoms with van der Waals surface area (Å²) in [4.78, 5) is 0. The first-order chi connectivity index (χ1) is 6.16. The van der Waals surface area contributed by atoms with E-state index in [0.29, 0.717) is 6.54 Å². The number of rotatable bonds is 6. The quantitative estimate of drug-likeness (QED) is 0.709. The highest BCUT2D eigenvalue weighted by atomic mass is 32.2. The molecule has 4 nitrogen and oxygen atoms in total.